The zero-order valence-corrected chi connectivity index (χ0v) is 20.6. The maximum atomic E-state index is 12.8. The summed E-state index contributed by atoms with van der Waals surface area (Å²) >= 11 is 5.87. The smallest absolute Gasteiger partial charge is 0.243 e. The molecule has 0 aliphatic carbocycles. The van der Waals surface area contributed by atoms with Crippen molar-refractivity contribution < 1.29 is 13.2 Å². The van der Waals surface area contributed by atoms with Crippen LogP contribution in [-0.2, 0) is 21.4 Å². The van der Waals surface area contributed by atoms with E-state index in [2.05, 4.69) is 29.3 Å². The molecule has 4 rings (SSSR count). The largest absolute Gasteiger partial charge is 0.326 e. The van der Waals surface area contributed by atoms with E-state index in [9.17, 15) is 13.2 Å². The summed E-state index contributed by atoms with van der Waals surface area (Å²) in [5, 5.41) is 3.50. The summed E-state index contributed by atoms with van der Waals surface area (Å²) in [6.07, 6.45) is 3.52. The second kappa shape index (κ2) is 10.6. The molecule has 33 heavy (non-hydrogen) atoms. The number of nitrogens with zero attached hydrogens (tertiary/aromatic N) is 2. The van der Waals surface area contributed by atoms with Crippen molar-refractivity contribution in [1.82, 2.24) is 9.21 Å². The minimum Gasteiger partial charge on any atom is -0.326 e. The van der Waals surface area contributed by atoms with Crippen LogP contribution in [0.4, 0.5) is 5.69 Å². The standard InChI is InChI=1S/C25H32ClN3O3S/c1-19-10-14-28(15-11-19)18-20-2-6-23(7-3-20)27-25(30)21-12-16-29(17-13-21)33(31,32)24-8-4-22(26)5-9-24/h2-9,19,21H,10-18H2,1H3,(H,27,30). The molecular weight excluding hydrogens is 458 g/mol. The number of amides is 1. The summed E-state index contributed by atoms with van der Waals surface area (Å²) in [6.45, 7) is 6.21. The Labute approximate surface area is 202 Å². The fraction of sp³-hybridized carbons (Fsp3) is 0.480. The van der Waals surface area contributed by atoms with Crippen molar-refractivity contribution in [2.75, 3.05) is 31.5 Å². The van der Waals surface area contributed by atoms with Crippen molar-refractivity contribution in [3.8, 4) is 0 Å². The third-order valence-corrected chi connectivity index (χ3v) is 8.94. The van der Waals surface area contributed by atoms with E-state index in [1.807, 2.05) is 12.1 Å². The van der Waals surface area contributed by atoms with Gasteiger partial charge in [0.05, 0.1) is 4.90 Å². The van der Waals surface area contributed by atoms with E-state index in [0.717, 1.165) is 31.2 Å². The van der Waals surface area contributed by atoms with Crippen LogP contribution in [0.2, 0.25) is 5.02 Å². The van der Waals surface area contributed by atoms with Crippen LogP contribution in [0.25, 0.3) is 0 Å². The molecule has 178 valence electrons. The minimum atomic E-state index is -3.57. The van der Waals surface area contributed by atoms with Crippen LogP contribution in [0.15, 0.2) is 53.4 Å². The third-order valence-electron chi connectivity index (χ3n) is 6.78. The number of hydrogen-bond acceptors (Lipinski definition) is 4. The zero-order valence-electron chi connectivity index (χ0n) is 19.0. The van der Waals surface area contributed by atoms with Gasteiger partial charge >= 0.3 is 0 Å². The van der Waals surface area contributed by atoms with E-state index in [1.165, 1.54) is 34.8 Å². The van der Waals surface area contributed by atoms with E-state index >= 15 is 0 Å². The number of benzene rings is 2. The summed E-state index contributed by atoms with van der Waals surface area (Å²) in [5.74, 6) is 0.580. The number of carbonyl (C=O) groups excluding carboxylic acids is 1. The molecule has 0 atom stereocenters. The van der Waals surface area contributed by atoms with Crippen LogP contribution < -0.4 is 5.32 Å². The second-order valence-corrected chi connectivity index (χ2v) is 11.7. The average Bonchev–Trinajstić information content (AvgIpc) is 2.82. The van der Waals surface area contributed by atoms with Crippen LogP contribution in [0.5, 0.6) is 0 Å². The Bertz CT molecular complexity index is 1040. The van der Waals surface area contributed by atoms with Gasteiger partial charge in [0.15, 0.2) is 0 Å². The van der Waals surface area contributed by atoms with Crippen LogP contribution in [-0.4, -0.2) is 49.7 Å². The van der Waals surface area contributed by atoms with E-state index in [0.29, 0.717) is 31.0 Å². The fourth-order valence-electron chi connectivity index (χ4n) is 4.53. The van der Waals surface area contributed by atoms with Gasteiger partial charge in [0.2, 0.25) is 15.9 Å². The van der Waals surface area contributed by atoms with Gasteiger partial charge in [-0.25, -0.2) is 8.42 Å². The highest BCUT2D eigenvalue weighted by atomic mass is 35.5. The summed E-state index contributed by atoms with van der Waals surface area (Å²) < 4.78 is 27.1. The summed E-state index contributed by atoms with van der Waals surface area (Å²) in [7, 11) is -3.57. The molecule has 6 nitrogen and oxygen atoms in total. The highest BCUT2D eigenvalue weighted by Crippen LogP contribution is 2.26. The fourth-order valence-corrected chi connectivity index (χ4v) is 6.13. The van der Waals surface area contributed by atoms with E-state index in [1.54, 1.807) is 12.1 Å². The lowest BCUT2D eigenvalue weighted by Gasteiger charge is -2.30. The molecule has 1 amide bonds. The van der Waals surface area contributed by atoms with Crippen molar-refractivity contribution in [1.29, 1.82) is 0 Å². The number of carbonyl (C=O) groups is 1. The maximum Gasteiger partial charge on any atom is 0.243 e. The first-order valence-corrected chi connectivity index (χ1v) is 13.5. The van der Waals surface area contributed by atoms with Crippen molar-refractivity contribution in [2.24, 2.45) is 11.8 Å². The van der Waals surface area contributed by atoms with Gasteiger partial charge in [-0.3, -0.25) is 9.69 Å². The normalized spacial score (nSPS) is 19.5. The Hall–Kier alpha value is -1.93. The van der Waals surface area contributed by atoms with Crippen LogP contribution in [0.1, 0.15) is 38.2 Å². The molecule has 0 unspecified atom stereocenters. The van der Waals surface area contributed by atoms with E-state index in [4.69, 9.17) is 11.6 Å². The highest BCUT2D eigenvalue weighted by molar-refractivity contribution is 7.89. The SMILES string of the molecule is CC1CCN(Cc2ccc(NC(=O)C3CCN(S(=O)(=O)c4ccc(Cl)cc4)CC3)cc2)CC1. The van der Waals surface area contributed by atoms with E-state index < -0.39 is 10.0 Å². The topological polar surface area (TPSA) is 69.7 Å². The van der Waals surface area contributed by atoms with Gasteiger partial charge in [0.1, 0.15) is 0 Å². The molecule has 0 radical (unpaired) electrons. The molecule has 1 N–H and O–H groups in total. The average molecular weight is 490 g/mol. The Balaban J connectivity index is 1.27. The van der Waals surface area contributed by atoms with Gasteiger partial charge in [0.25, 0.3) is 0 Å². The van der Waals surface area contributed by atoms with Gasteiger partial charge < -0.3 is 5.32 Å². The molecular formula is C25H32ClN3O3S. The first-order chi connectivity index (χ1) is 15.8. The number of rotatable bonds is 6. The molecule has 2 aromatic rings. The molecule has 2 aliphatic rings. The quantitative estimate of drug-likeness (QED) is 0.643. The summed E-state index contributed by atoms with van der Waals surface area (Å²) in [4.78, 5) is 15.5. The highest BCUT2D eigenvalue weighted by Gasteiger charge is 2.32. The van der Waals surface area contributed by atoms with Gasteiger partial charge in [-0.1, -0.05) is 30.7 Å². The number of nitrogens with one attached hydrogen (secondary N) is 1. The predicted octanol–water partition coefficient (Wildman–Crippen LogP) is 4.61. The van der Waals surface area contributed by atoms with Crippen molar-refractivity contribution in [3.63, 3.8) is 0 Å². The Morgan fingerprint density at radius 2 is 1.55 bits per heavy atom. The summed E-state index contributed by atoms with van der Waals surface area (Å²) in [5.41, 5.74) is 2.04. The van der Waals surface area contributed by atoms with Crippen molar-refractivity contribution >= 4 is 33.2 Å². The first kappa shape index (κ1) is 24.2. The molecule has 0 aromatic heterocycles. The zero-order chi connectivity index (χ0) is 23.4. The van der Waals surface area contributed by atoms with E-state index in [-0.39, 0.29) is 16.7 Å². The molecule has 2 saturated heterocycles. The molecule has 0 spiro atoms. The maximum absolute atomic E-state index is 12.8. The Morgan fingerprint density at radius 1 is 0.939 bits per heavy atom. The van der Waals surface area contributed by atoms with Crippen LogP contribution in [0, 0.1) is 11.8 Å². The van der Waals surface area contributed by atoms with Gasteiger partial charge in [-0.15, -0.1) is 0 Å². The molecule has 8 heteroatoms. The number of halogens is 1. The number of piperidine rings is 2. The second-order valence-electron chi connectivity index (χ2n) is 9.28. The lowest BCUT2D eigenvalue weighted by atomic mass is 9.97. The molecule has 2 heterocycles. The molecule has 0 saturated carbocycles. The molecule has 2 fully saturated rings. The molecule has 2 aromatic carbocycles. The number of sulfonamides is 1. The number of anilines is 1. The third kappa shape index (κ3) is 6.15. The van der Waals surface area contributed by atoms with Crippen LogP contribution in [0.3, 0.4) is 0 Å². The van der Waals surface area contributed by atoms with Crippen molar-refractivity contribution in [3.05, 3.63) is 59.1 Å². The summed E-state index contributed by atoms with van der Waals surface area (Å²) in [6, 6.07) is 14.3. The lowest BCUT2D eigenvalue weighted by Crippen LogP contribution is -2.41. The number of likely N-dealkylation sites (tertiary alicyclic amines) is 1. The molecule has 2 aliphatic heterocycles. The van der Waals surface area contributed by atoms with Gasteiger partial charge in [-0.05, 0) is 86.7 Å². The van der Waals surface area contributed by atoms with Gasteiger partial charge in [0, 0.05) is 36.3 Å². The Kier molecular flexibility index (Phi) is 7.74. The lowest BCUT2D eigenvalue weighted by molar-refractivity contribution is -0.120. The first-order valence-electron chi connectivity index (χ1n) is 11.7. The Morgan fingerprint density at radius 3 is 2.15 bits per heavy atom. The number of hydrogen-bond donors (Lipinski definition) is 1. The molecule has 0 bridgehead atoms. The van der Waals surface area contributed by atoms with Crippen molar-refractivity contribution in [2.45, 2.75) is 44.0 Å². The predicted molar refractivity (Wildman–Crippen MR) is 132 cm³/mol. The van der Waals surface area contributed by atoms with Gasteiger partial charge in [-0.2, -0.15) is 4.31 Å². The minimum absolute atomic E-state index is 0.0451. The van der Waals surface area contributed by atoms with Crippen LogP contribution >= 0.6 is 11.6 Å². The monoisotopic (exact) mass is 489 g/mol.